The number of benzene rings is 1. The Morgan fingerprint density at radius 1 is 1.13 bits per heavy atom. The van der Waals surface area contributed by atoms with Gasteiger partial charge in [0, 0.05) is 17.5 Å². The number of rotatable bonds is 3. The number of hydrogen-bond acceptors (Lipinski definition) is 6. The highest BCUT2D eigenvalue weighted by molar-refractivity contribution is 7.99. The highest BCUT2D eigenvalue weighted by Crippen LogP contribution is 2.31. The monoisotopic (exact) mass is 337 g/mol. The molecule has 7 heteroatoms. The molecule has 4 atom stereocenters. The summed E-state index contributed by atoms with van der Waals surface area (Å²) in [5, 5.41) is 29.2. The summed E-state index contributed by atoms with van der Waals surface area (Å²) in [4.78, 5) is 3.62. The number of thioether (sulfide) groups is 1. The number of pyridine rings is 1. The Morgan fingerprint density at radius 2 is 1.96 bits per heavy atom. The number of nitrogens with zero attached hydrogens (tertiary/aromatic N) is 1. The molecule has 0 radical (unpaired) electrons. The van der Waals surface area contributed by atoms with Crippen molar-refractivity contribution in [2.75, 3.05) is 5.75 Å². The van der Waals surface area contributed by atoms with Gasteiger partial charge in [-0.1, -0.05) is 12.1 Å². The molecule has 5 nitrogen and oxygen atoms in total. The minimum absolute atomic E-state index is 0.264. The van der Waals surface area contributed by atoms with Crippen molar-refractivity contribution in [3.8, 4) is 16.9 Å². The smallest absolute Gasteiger partial charge is 0.220 e. The molecule has 1 aromatic heterocycles. The summed E-state index contributed by atoms with van der Waals surface area (Å²) in [7, 11) is 0. The van der Waals surface area contributed by atoms with Crippen LogP contribution in [0, 0.1) is 5.95 Å². The van der Waals surface area contributed by atoms with Crippen LogP contribution in [0.1, 0.15) is 0 Å². The molecule has 0 saturated carbocycles. The van der Waals surface area contributed by atoms with Crippen LogP contribution in [0.25, 0.3) is 11.1 Å². The van der Waals surface area contributed by atoms with Gasteiger partial charge >= 0.3 is 0 Å². The lowest BCUT2D eigenvalue weighted by Crippen LogP contribution is -2.50. The summed E-state index contributed by atoms with van der Waals surface area (Å²) >= 11 is 1.21. The average molecular weight is 337 g/mol. The predicted octanol–water partition coefficient (Wildman–Crippen LogP) is 1.42. The molecule has 0 unspecified atom stereocenters. The van der Waals surface area contributed by atoms with Gasteiger partial charge in [-0.15, -0.1) is 11.8 Å². The molecule has 0 amide bonds. The Hall–Kier alpha value is -1.67. The zero-order valence-electron chi connectivity index (χ0n) is 12.0. The quantitative estimate of drug-likeness (QED) is 0.735. The highest BCUT2D eigenvalue weighted by atomic mass is 32.2. The summed E-state index contributed by atoms with van der Waals surface area (Å²) in [6.07, 6.45) is -2.06. The van der Waals surface area contributed by atoms with E-state index < -0.39 is 29.7 Å². The maximum Gasteiger partial charge on any atom is 0.220 e. The summed E-state index contributed by atoms with van der Waals surface area (Å²) in [6.45, 7) is 0. The van der Waals surface area contributed by atoms with E-state index in [1.54, 1.807) is 36.4 Å². The number of halogens is 1. The van der Waals surface area contributed by atoms with E-state index in [0.717, 1.165) is 0 Å². The van der Waals surface area contributed by atoms with Crippen LogP contribution in [-0.4, -0.2) is 49.8 Å². The Morgan fingerprint density at radius 3 is 2.74 bits per heavy atom. The number of hydrogen-bond donors (Lipinski definition) is 3. The van der Waals surface area contributed by atoms with E-state index in [1.165, 1.54) is 18.0 Å². The van der Waals surface area contributed by atoms with Crippen LogP contribution in [0.15, 0.2) is 42.6 Å². The Kier molecular flexibility index (Phi) is 4.82. The first-order chi connectivity index (χ1) is 11.1. The van der Waals surface area contributed by atoms with Crippen LogP contribution in [0.2, 0.25) is 0 Å². The van der Waals surface area contributed by atoms with Gasteiger partial charge in [0.05, 0.1) is 6.10 Å². The highest BCUT2D eigenvalue weighted by Gasteiger charge is 2.38. The summed E-state index contributed by atoms with van der Waals surface area (Å²) in [5.41, 5.74) is 0.247. The van der Waals surface area contributed by atoms with Crippen molar-refractivity contribution in [1.82, 2.24) is 4.98 Å². The van der Waals surface area contributed by atoms with Gasteiger partial charge in [-0.05, 0) is 29.8 Å². The largest absolute Gasteiger partial charge is 0.477 e. The fourth-order valence-corrected chi connectivity index (χ4v) is 3.48. The maximum atomic E-state index is 13.8. The van der Waals surface area contributed by atoms with Crippen molar-refractivity contribution in [2.45, 2.75) is 23.7 Å². The minimum atomic E-state index is -1.25. The van der Waals surface area contributed by atoms with E-state index in [2.05, 4.69) is 4.98 Å². The van der Waals surface area contributed by atoms with Crippen molar-refractivity contribution >= 4 is 11.8 Å². The van der Waals surface area contributed by atoms with Crippen LogP contribution in [0.5, 0.6) is 5.75 Å². The maximum absolute atomic E-state index is 13.8. The second-order valence-electron chi connectivity index (χ2n) is 5.24. The fourth-order valence-electron chi connectivity index (χ4n) is 2.36. The van der Waals surface area contributed by atoms with E-state index in [1.807, 2.05) is 0 Å². The Bertz CT molecular complexity index is 687. The van der Waals surface area contributed by atoms with Crippen LogP contribution in [-0.2, 0) is 0 Å². The summed E-state index contributed by atoms with van der Waals surface area (Å²) in [5.74, 6) is 0.126. The van der Waals surface area contributed by atoms with E-state index in [-0.39, 0.29) is 5.75 Å². The lowest BCUT2D eigenvalue weighted by Gasteiger charge is -2.34. The molecule has 1 aliphatic rings. The normalized spacial score (nSPS) is 27.7. The van der Waals surface area contributed by atoms with Crippen LogP contribution >= 0.6 is 11.8 Å². The topological polar surface area (TPSA) is 82.8 Å². The third-order valence-corrected chi connectivity index (χ3v) is 4.85. The van der Waals surface area contributed by atoms with Gasteiger partial charge in [0.1, 0.15) is 18.0 Å². The molecule has 1 aromatic carbocycles. The molecule has 23 heavy (non-hydrogen) atoms. The van der Waals surface area contributed by atoms with E-state index in [4.69, 9.17) is 4.74 Å². The molecule has 1 fully saturated rings. The van der Waals surface area contributed by atoms with Crippen molar-refractivity contribution in [3.63, 3.8) is 0 Å². The first-order valence-corrected chi connectivity index (χ1v) is 8.14. The second kappa shape index (κ2) is 6.84. The molecule has 2 heterocycles. The lowest BCUT2D eigenvalue weighted by atomic mass is 10.1. The van der Waals surface area contributed by atoms with Gasteiger partial charge in [-0.3, -0.25) is 0 Å². The summed E-state index contributed by atoms with van der Waals surface area (Å²) < 4.78 is 19.5. The molecule has 3 N–H and O–H groups in total. The molecular weight excluding hydrogens is 321 g/mol. The van der Waals surface area contributed by atoms with Gasteiger partial charge in [0.2, 0.25) is 5.95 Å². The molecule has 0 aliphatic carbocycles. The number of ether oxygens (including phenoxy) is 1. The third-order valence-electron chi connectivity index (χ3n) is 3.61. The zero-order chi connectivity index (χ0) is 16.4. The third kappa shape index (κ3) is 3.48. The lowest BCUT2D eigenvalue weighted by molar-refractivity contribution is -0.0786. The van der Waals surface area contributed by atoms with Crippen molar-refractivity contribution in [2.24, 2.45) is 0 Å². The van der Waals surface area contributed by atoms with E-state index in [0.29, 0.717) is 16.9 Å². The predicted molar refractivity (Wildman–Crippen MR) is 84.5 cm³/mol. The van der Waals surface area contributed by atoms with Crippen molar-refractivity contribution < 1.29 is 24.4 Å². The molecular formula is C16H16FNO4S. The zero-order valence-corrected chi connectivity index (χ0v) is 12.9. The Labute approximate surface area is 136 Å². The molecule has 0 spiro atoms. The first-order valence-electron chi connectivity index (χ1n) is 7.09. The Balaban J connectivity index is 1.80. The van der Waals surface area contributed by atoms with Gasteiger partial charge in [0.15, 0.2) is 5.44 Å². The second-order valence-corrected chi connectivity index (χ2v) is 6.37. The minimum Gasteiger partial charge on any atom is -0.477 e. The standard InChI is InChI=1S/C16H16FNO4S/c17-15-11(5-2-6-18-15)9-3-1-4-10(7-9)22-16-14(21)13(20)12(19)8-23-16/h1-7,12-14,16,19-21H,8H2/t12-,13+,14-,16-/m1/s1. The van der Waals surface area contributed by atoms with E-state index in [9.17, 15) is 19.7 Å². The average Bonchev–Trinajstić information content (AvgIpc) is 2.56. The number of aliphatic hydroxyl groups is 3. The van der Waals surface area contributed by atoms with Gasteiger partial charge in [-0.25, -0.2) is 4.98 Å². The molecule has 122 valence electrons. The van der Waals surface area contributed by atoms with Gasteiger partial charge < -0.3 is 20.1 Å². The fraction of sp³-hybridized carbons (Fsp3) is 0.312. The summed E-state index contributed by atoms with van der Waals surface area (Å²) in [6, 6.07) is 10.0. The number of aliphatic hydroxyl groups excluding tert-OH is 3. The van der Waals surface area contributed by atoms with Gasteiger partial charge in [0.25, 0.3) is 0 Å². The van der Waals surface area contributed by atoms with Crippen LogP contribution in [0.3, 0.4) is 0 Å². The van der Waals surface area contributed by atoms with Crippen molar-refractivity contribution in [1.29, 1.82) is 0 Å². The SMILES string of the molecule is O[C@@H]1[C@@H](O)[C@H](Oc2cccc(-c3cccnc3F)c2)SC[C@H]1O. The molecule has 3 rings (SSSR count). The first kappa shape index (κ1) is 16.2. The van der Waals surface area contributed by atoms with E-state index >= 15 is 0 Å². The molecule has 1 saturated heterocycles. The van der Waals surface area contributed by atoms with Crippen LogP contribution in [0.4, 0.5) is 4.39 Å². The number of aromatic nitrogens is 1. The molecule has 1 aliphatic heterocycles. The van der Waals surface area contributed by atoms with Crippen LogP contribution < -0.4 is 4.74 Å². The molecule has 2 aromatic rings. The van der Waals surface area contributed by atoms with Gasteiger partial charge in [-0.2, -0.15) is 4.39 Å². The van der Waals surface area contributed by atoms with Crippen molar-refractivity contribution in [3.05, 3.63) is 48.5 Å². The molecule has 0 bridgehead atoms.